The van der Waals surface area contributed by atoms with Gasteiger partial charge in [-0.1, -0.05) is 0 Å². The third-order valence-corrected chi connectivity index (χ3v) is 8.97. The zero-order valence-corrected chi connectivity index (χ0v) is 33.9. The minimum Gasteiger partial charge on any atom is -0.492 e. The molecule has 23 nitrogen and oxygen atoms in total. The van der Waals surface area contributed by atoms with Gasteiger partial charge in [0.05, 0.1) is 59.3 Å². The van der Waals surface area contributed by atoms with Crippen molar-refractivity contribution in [2.45, 2.75) is 94.3 Å². The molecule has 0 spiro atoms. The smallest absolute Gasteiger partial charge is 0.333 e. The maximum atomic E-state index is 13.4. The second-order valence-corrected chi connectivity index (χ2v) is 13.7. The molecule has 1 aromatic heterocycles. The van der Waals surface area contributed by atoms with Gasteiger partial charge in [-0.25, -0.2) is 4.79 Å². The van der Waals surface area contributed by atoms with E-state index < -0.39 is 138 Å². The first-order valence-electron chi connectivity index (χ1n) is 19.9. The van der Waals surface area contributed by atoms with Crippen LogP contribution < -0.4 is 15.5 Å². The highest BCUT2D eigenvalue weighted by Gasteiger charge is 2.22. The molecule has 0 saturated carbocycles. The fourth-order valence-electron chi connectivity index (χ4n) is 5.38. The third-order valence-electron chi connectivity index (χ3n) is 8.97. The molecule has 0 aromatic carbocycles. The summed E-state index contributed by atoms with van der Waals surface area (Å²) in [4.78, 5) is 58.3. The van der Waals surface area contributed by atoms with Gasteiger partial charge in [0.15, 0.2) is 0 Å². The standard InChI is InChI=1S/C37H66N4O19/c42-18-28(19-43)56-14-8-26(9-15-57-29(20-44)21-45)38-32(50)2-1-12-40(34(52)5-6-37(55)60-41-35(53)3-4-36(41)54)13-7-33(51)39-27(10-16-58-30(22-46)23-47)11-17-59-31(24-48)25-49/h3-4,26-31,42-49,53-54H,1-2,5-25H2,(H,38,50)(H,39,51). The second kappa shape index (κ2) is 33.0. The molecular formula is C37H66N4O19. The highest BCUT2D eigenvalue weighted by molar-refractivity contribution is 5.82. The Kier molecular flexibility index (Phi) is 29.8. The van der Waals surface area contributed by atoms with Crippen molar-refractivity contribution in [1.29, 1.82) is 0 Å². The van der Waals surface area contributed by atoms with Crippen LogP contribution in [0.4, 0.5) is 0 Å². The highest BCUT2D eigenvalue weighted by atomic mass is 16.7. The zero-order chi connectivity index (χ0) is 44.7. The first kappa shape index (κ1) is 54.3. The number of carbonyl (C=O) groups excluding carboxylic acids is 4. The van der Waals surface area contributed by atoms with Crippen molar-refractivity contribution in [3.8, 4) is 11.8 Å². The first-order valence-corrected chi connectivity index (χ1v) is 19.9. The molecule has 0 aliphatic carbocycles. The molecule has 0 bridgehead atoms. The van der Waals surface area contributed by atoms with Crippen LogP contribution in [0.1, 0.15) is 57.8 Å². The number of aliphatic hydroxyl groups excluding tert-OH is 8. The summed E-state index contributed by atoms with van der Waals surface area (Å²) in [7, 11) is 0. The summed E-state index contributed by atoms with van der Waals surface area (Å²) in [6.07, 6.45) is -3.35. The highest BCUT2D eigenvalue weighted by Crippen LogP contribution is 2.19. The topological polar surface area (TPSA) is 349 Å². The summed E-state index contributed by atoms with van der Waals surface area (Å²) in [5.74, 6) is -3.55. The van der Waals surface area contributed by atoms with Crippen LogP contribution in [-0.2, 0) is 38.1 Å². The monoisotopic (exact) mass is 870 g/mol. The van der Waals surface area contributed by atoms with E-state index in [4.69, 9.17) is 23.8 Å². The fourth-order valence-corrected chi connectivity index (χ4v) is 5.38. The number of aromatic hydroxyl groups is 2. The molecule has 0 aliphatic heterocycles. The van der Waals surface area contributed by atoms with Crippen LogP contribution in [0.3, 0.4) is 0 Å². The molecule has 0 fully saturated rings. The van der Waals surface area contributed by atoms with E-state index in [1.807, 2.05) is 0 Å². The summed E-state index contributed by atoms with van der Waals surface area (Å²) < 4.78 is 22.2. The predicted octanol–water partition coefficient (Wildman–Crippen LogP) is -4.36. The van der Waals surface area contributed by atoms with Crippen molar-refractivity contribution < 1.29 is 94.0 Å². The van der Waals surface area contributed by atoms with E-state index in [-0.39, 0.29) is 84.5 Å². The van der Waals surface area contributed by atoms with E-state index in [1.54, 1.807) is 0 Å². The number of rotatable bonds is 37. The van der Waals surface area contributed by atoms with Crippen LogP contribution in [0, 0.1) is 0 Å². The summed E-state index contributed by atoms with van der Waals surface area (Å²) >= 11 is 0. The Labute approximate surface area is 348 Å². The number of hydrogen-bond donors (Lipinski definition) is 12. The van der Waals surface area contributed by atoms with Crippen LogP contribution in [-0.4, -0.2) is 213 Å². The molecule has 0 saturated heterocycles. The number of ether oxygens (including phenoxy) is 4. The number of nitrogens with one attached hydrogen (secondary N) is 2. The molecule has 1 heterocycles. The van der Waals surface area contributed by atoms with Gasteiger partial charge in [0.1, 0.15) is 24.4 Å². The van der Waals surface area contributed by atoms with Crippen molar-refractivity contribution in [3.05, 3.63) is 12.1 Å². The number of aromatic nitrogens is 1. The summed E-state index contributed by atoms with van der Waals surface area (Å²) in [6, 6.07) is 1.10. The maximum absolute atomic E-state index is 13.4. The molecule has 1 rings (SSSR count). The SMILES string of the molecule is O=C(CCCN(CCC(=O)NC(CCOC(CO)CO)CCOC(CO)CO)C(=O)CCC(=O)On1c(O)ccc1O)NC(CCOC(CO)CO)CCOC(CO)CO. The average molecular weight is 871 g/mol. The number of hydrogen-bond acceptors (Lipinski definition) is 19. The molecule has 12 N–H and O–H groups in total. The zero-order valence-electron chi connectivity index (χ0n) is 33.9. The van der Waals surface area contributed by atoms with Crippen LogP contribution in [0.2, 0.25) is 0 Å². The maximum Gasteiger partial charge on any atom is 0.333 e. The lowest BCUT2D eigenvalue weighted by Crippen LogP contribution is -2.41. The number of amides is 3. The molecule has 1 aromatic rings. The Balaban J connectivity index is 2.99. The van der Waals surface area contributed by atoms with E-state index in [0.717, 1.165) is 12.1 Å². The van der Waals surface area contributed by atoms with Crippen molar-refractivity contribution in [2.75, 3.05) is 92.4 Å². The summed E-state index contributed by atoms with van der Waals surface area (Å²) in [5.41, 5.74) is 0. The normalized spacial score (nSPS) is 11.8. The van der Waals surface area contributed by atoms with Crippen LogP contribution >= 0.6 is 0 Å². The van der Waals surface area contributed by atoms with Gasteiger partial charge in [0.2, 0.25) is 29.5 Å². The van der Waals surface area contributed by atoms with E-state index >= 15 is 0 Å². The van der Waals surface area contributed by atoms with Gasteiger partial charge < -0.3 is 90.4 Å². The first-order chi connectivity index (χ1) is 28.9. The minimum atomic E-state index is -0.962. The van der Waals surface area contributed by atoms with Crippen LogP contribution in [0.25, 0.3) is 0 Å². The molecule has 60 heavy (non-hydrogen) atoms. The van der Waals surface area contributed by atoms with Gasteiger partial charge in [-0.3, -0.25) is 14.4 Å². The van der Waals surface area contributed by atoms with Gasteiger partial charge in [-0.2, -0.15) is 0 Å². The Bertz CT molecular complexity index is 1250. The second-order valence-electron chi connectivity index (χ2n) is 13.7. The van der Waals surface area contributed by atoms with Crippen molar-refractivity contribution in [2.24, 2.45) is 0 Å². The Morgan fingerprint density at radius 3 is 1.27 bits per heavy atom. The van der Waals surface area contributed by atoms with Gasteiger partial charge in [-0.05, 0) is 32.1 Å². The van der Waals surface area contributed by atoms with E-state index in [9.17, 15) is 70.2 Å². The van der Waals surface area contributed by atoms with Gasteiger partial charge >= 0.3 is 5.97 Å². The number of carbonyl (C=O) groups is 4. The van der Waals surface area contributed by atoms with E-state index in [1.165, 1.54) is 4.90 Å². The molecule has 23 heteroatoms. The van der Waals surface area contributed by atoms with Gasteiger partial charge in [0, 0.05) is 83.0 Å². The predicted molar refractivity (Wildman–Crippen MR) is 207 cm³/mol. The van der Waals surface area contributed by atoms with E-state index in [2.05, 4.69) is 10.6 Å². The number of aliphatic hydroxyl groups is 8. The quantitative estimate of drug-likeness (QED) is 0.0301. The van der Waals surface area contributed by atoms with E-state index in [0.29, 0.717) is 4.73 Å². The average Bonchev–Trinajstić information content (AvgIpc) is 3.56. The molecule has 348 valence electrons. The van der Waals surface area contributed by atoms with Crippen molar-refractivity contribution >= 4 is 23.7 Å². The molecule has 0 atom stereocenters. The Hall–Kier alpha value is -3.72. The van der Waals surface area contributed by atoms with Crippen LogP contribution in [0.5, 0.6) is 11.8 Å². The third kappa shape index (κ3) is 23.3. The Morgan fingerprint density at radius 1 is 0.533 bits per heavy atom. The lowest BCUT2D eigenvalue weighted by atomic mass is 10.1. The molecule has 0 aliphatic rings. The summed E-state index contributed by atoms with van der Waals surface area (Å²) in [5, 5.41) is 99.6. The molecule has 0 radical (unpaired) electrons. The summed E-state index contributed by atoms with van der Waals surface area (Å²) in [6.45, 7) is -3.31. The fraction of sp³-hybridized carbons (Fsp3) is 0.784. The van der Waals surface area contributed by atoms with Gasteiger partial charge in [-0.15, -0.1) is 4.73 Å². The molecular weight excluding hydrogens is 804 g/mol. The molecule has 0 unspecified atom stereocenters. The number of nitrogens with zero attached hydrogens (tertiary/aromatic N) is 2. The molecule has 3 amide bonds. The van der Waals surface area contributed by atoms with Crippen molar-refractivity contribution in [3.63, 3.8) is 0 Å². The largest absolute Gasteiger partial charge is 0.492 e. The lowest BCUT2D eigenvalue weighted by Gasteiger charge is -2.25. The van der Waals surface area contributed by atoms with Crippen LogP contribution in [0.15, 0.2) is 12.1 Å². The minimum absolute atomic E-state index is 0.0213. The Morgan fingerprint density at radius 2 is 0.900 bits per heavy atom. The van der Waals surface area contributed by atoms with Gasteiger partial charge in [0.25, 0.3) is 0 Å². The lowest BCUT2D eigenvalue weighted by molar-refractivity contribution is -0.147. The van der Waals surface area contributed by atoms with Crippen molar-refractivity contribution in [1.82, 2.24) is 20.3 Å².